The highest BCUT2D eigenvalue weighted by molar-refractivity contribution is 7.26. The average Bonchev–Trinajstić information content (AvgIpc) is 3.73. The maximum absolute atomic E-state index is 3.91. The van der Waals surface area contributed by atoms with Crippen LogP contribution in [0.4, 0.5) is 17.1 Å². The Morgan fingerprint density at radius 1 is 0.455 bits per heavy atom. The monoisotopic (exact) mass is 721 g/mol. The molecule has 0 amide bonds. The van der Waals surface area contributed by atoms with E-state index in [4.69, 9.17) is 0 Å². The number of rotatable bonds is 7. The number of nitrogens with zero attached hydrogens (tertiary/aromatic N) is 1. The molecule has 1 heterocycles. The van der Waals surface area contributed by atoms with Gasteiger partial charge in [-0.2, -0.15) is 0 Å². The summed E-state index contributed by atoms with van der Waals surface area (Å²) in [6.45, 7) is 8.69. The van der Waals surface area contributed by atoms with E-state index in [1.165, 1.54) is 75.8 Å². The Bertz CT molecular complexity index is 2880. The highest BCUT2D eigenvalue weighted by Crippen LogP contribution is 2.52. The van der Waals surface area contributed by atoms with Gasteiger partial charge in [-0.1, -0.05) is 160 Å². The standard InChI is InChI=1S/C53H39NS/c1-4-35-17-19-37(20-18-35)39-23-28-42(29-24-39)54(41-26-21-38(22-27-41)36-11-6-5-7-12-36)43-30-32-46-45-31-25-40(33-49(45)53(2,3)50(46)34-43)44-14-10-15-48-47-13-8-9-16-51(47)55-52(44)48/h4-34H,1H2,2-3H3. The lowest BCUT2D eigenvalue weighted by atomic mass is 9.81. The van der Waals surface area contributed by atoms with Crippen LogP contribution in [-0.2, 0) is 5.41 Å². The van der Waals surface area contributed by atoms with Crippen LogP contribution in [0, 0.1) is 0 Å². The Morgan fingerprint density at radius 2 is 0.982 bits per heavy atom. The molecule has 0 atom stereocenters. The molecule has 0 radical (unpaired) electrons. The molecule has 0 bridgehead atoms. The molecule has 10 rings (SSSR count). The molecule has 262 valence electrons. The fourth-order valence-electron chi connectivity index (χ4n) is 8.50. The maximum atomic E-state index is 3.91. The molecule has 1 aromatic heterocycles. The molecule has 0 N–H and O–H groups in total. The number of hydrogen-bond acceptors (Lipinski definition) is 2. The van der Waals surface area contributed by atoms with Crippen LogP contribution in [0.3, 0.4) is 0 Å². The summed E-state index contributed by atoms with van der Waals surface area (Å²) in [6.07, 6.45) is 1.89. The van der Waals surface area contributed by atoms with Gasteiger partial charge in [0.05, 0.1) is 0 Å². The lowest BCUT2D eigenvalue weighted by molar-refractivity contribution is 0.660. The van der Waals surface area contributed by atoms with Gasteiger partial charge in [-0.15, -0.1) is 11.3 Å². The minimum Gasteiger partial charge on any atom is -0.310 e. The van der Waals surface area contributed by atoms with Crippen LogP contribution < -0.4 is 4.90 Å². The Morgan fingerprint density at radius 3 is 1.65 bits per heavy atom. The van der Waals surface area contributed by atoms with Gasteiger partial charge in [0.1, 0.15) is 0 Å². The second-order valence-corrected chi connectivity index (χ2v) is 16.1. The van der Waals surface area contributed by atoms with Crippen molar-refractivity contribution in [3.05, 3.63) is 205 Å². The van der Waals surface area contributed by atoms with Crippen molar-refractivity contribution in [2.24, 2.45) is 0 Å². The molecule has 0 saturated carbocycles. The first-order chi connectivity index (χ1) is 27.0. The van der Waals surface area contributed by atoms with Crippen molar-refractivity contribution >= 4 is 54.6 Å². The largest absolute Gasteiger partial charge is 0.310 e. The zero-order valence-electron chi connectivity index (χ0n) is 31.0. The first kappa shape index (κ1) is 33.1. The van der Waals surface area contributed by atoms with Gasteiger partial charge in [-0.25, -0.2) is 0 Å². The van der Waals surface area contributed by atoms with E-state index in [0.717, 1.165) is 22.6 Å². The molecule has 0 fully saturated rings. The van der Waals surface area contributed by atoms with E-state index >= 15 is 0 Å². The van der Waals surface area contributed by atoms with Gasteiger partial charge in [-0.05, 0) is 110 Å². The third-order valence-electron chi connectivity index (χ3n) is 11.5. The summed E-state index contributed by atoms with van der Waals surface area (Å²) in [5.74, 6) is 0. The highest BCUT2D eigenvalue weighted by atomic mass is 32.1. The highest BCUT2D eigenvalue weighted by Gasteiger charge is 2.36. The van der Waals surface area contributed by atoms with E-state index in [0.29, 0.717) is 0 Å². The van der Waals surface area contributed by atoms with Gasteiger partial charge >= 0.3 is 0 Å². The minimum absolute atomic E-state index is 0.185. The third kappa shape index (κ3) is 5.61. The summed E-state index contributed by atoms with van der Waals surface area (Å²) < 4.78 is 2.69. The van der Waals surface area contributed by atoms with Gasteiger partial charge in [0.15, 0.2) is 0 Å². The van der Waals surface area contributed by atoms with Gasteiger partial charge in [0.25, 0.3) is 0 Å². The first-order valence-corrected chi connectivity index (χ1v) is 19.8. The molecule has 9 aromatic rings. The summed E-state index contributed by atoms with van der Waals surface area (Å²) in [4.78, 5) is 2.40. The Labute approximate surface area is 327 Å². The van der Waals surface area contributed by atoms with Gasteiger partial charge in [0, 0.05) is 42.6 Å². The number of anilines is 3. The molecule has 0 spiro atoms. The second kappa shape index (κ2) is 13.1. The van der Waals surface area contributed by atoms with Crippen LogP contribution in [0.25, 0.3) is 70.8 Å². The van der Waals surface area contributed by atoms with Crippen LogP contribution in [0.2, 0.25) is 0 Å². The minimum atomic E-state index is -0.185. The molecule has 0 saturated heterocycles. The summed E-state index contributed by atoms with van der Waals surface area (Å²) in [6, 6.07) is 66.8. The van der Waals surface area contributed by atoms with Gasteiger partial charge in [0.2, 0.25) is 0 Å². The fourth-order valence-corrected chi connectivity index (χ4v) is 9.74. The molecule has 1 nitrogen and oxygen atoms in total. The summed E-state index contributed by atoms with van der Waals surface area (Å²) >= 11 is 1.90. The smallest absolute Gasteiger partial charge is 0.0465 e. The van der Waals surface area contributed by atoms with Crippen molar-refractivity contribution in [3.63, 3.8) is 0 Å². The molecule has 2 heteroatoms. The summed E-state index contributed by atoms with van der Waals surface area (Å²) in [5, 5.41) is 2.67. The predicted molar refractivity (Wildman–Crippen MR) is 238 cm³/mol. The van der Waals surface area contributed by atoms with E-state index in [-0.39, 0.29) is 5.41 Å². The lowest BCUT2D eigenvalue weighted by Crippen LogP contribution is -2.16. The number of benzene rings is 8. The molecule has 0 aliphatic heterocycles. The number of fused-ring (bicyclic) bond motifs is 6. The molecular weight excluding hydrogens is 683 g/mol. The van der Waals surface area contributed by atoms with Crippen molar-refractivity contribution in [1.82, 2.24) is 0 Å². The van der Waals surface area contributed by atoms with Crippen molar-refractivity contribution in [2.75, 3.05) is 4.90 Å². The molecule has 0 unspecified atom stereocenters. The topological polar surface area (TPSA) is 3.24 Å². The van der Waals surface area contributed by atoms with Crippen LogP contribution in [-0.4, -0.2) is 0 Å². The van der Waals surface area contributed by atoms with Crippen LogP contribution in [0.1, 0.15) is 30.5 Å². The molecule has 55 heavy (non-hydrogen) atoms. The predicted octanol–water partition coefficient (Wildman–Crippen LogP) is 15.5. The van der Waals surface area contributed by atoms with E-state index in [1.54, 1.807) is 0 Å². The third-order valence-corrected chi connectivity index (χ3v) is 12.7. The first-order valence-electron chi connectivity index (χ1n) is 18.9. The van der Waals surface area contributed by atoms with Crippen molar-refractivity contribution in [1.29, 1.82) is 0 Å². The van der Waals surface area contributed by atoms with E-state index in [2.05, 4.69) is 207 Å². The van der Waals surface area contributed by atoms with Gasteiger partial charge < -0.3 is 4.90 Å². The summed E-state index contributed by atoms with van der Waals surface area (Å²) in [5.41, 5.74) is 17.1. The Kier molecular flexibility index (Phi) is 7.90. The zero-order valence-corrected chi connectivity index (χ0v) is 31.8. The molecular formula is C53H39NS. The van der Waals surface area contributed by atoms with Crippen molar-refractivity contribution in [2.45, 2.75) is 19.3 Å². The van der Waals surface area contributed by atoms with Crippen LogP contribution >= 0.6 is 11.3 Å². The summed E-state index contributed by atoms with van der Waals surface area (Å²) in [7, 11) is 0. The van der Waals surface area contributed by atoms with E-state index in [9.17, 15) is 0 Å². The fraction of sp³-hybridized carbons (Fsp3) is 0.0566. The van der Waals surface area contributed by atoms with E-state index in [1.807, 2.05) is 17.4 Å². The normalized spacial score (nSPS) is 12.8. The number of thiophene rings is 1. The molecule has 8 aromatic carbocycles. The molecule has 1 aliphatic carbocycles. The average molecular weight is 722 g/mol. The Balaban J connectivity index is 1.05. The van der Waals surface area contributed by atoms with Gasteiger partial charge in [-0.3, -0.25) is 0 Å². The van der Waals surface area contributed by atoms with Crippen molar-refractivity contribution < 1.29 is 0 Å². The number of hydrogen-bond donors (Lipinski definition) is 0. The zero-order chi connectivity index (χ0) is 37.1. The SMILES string of the molecule is C=Cc1ccc(-c2ccc(N(c3ccc(-c4ccccc4)cc3)c3ccc4c(c3)C(C)(C)c3cc(-c5cccc6c5sc5ccccc56)ccc3-4)cc2)cc1. The Hall–Kier alpha value is -6.48. The van der Waals surface area contributed by atoms with E-state index < -0.39 is 0 Å². The lowest BCUT2D eigenvalue weighted by Gasteiger charge is -2.28. The van der Waals surface area contributed by atoms with Crippen molar-refractivity contribution in [3.8, 4) is 44.5 Å². The van der Waals surface area contributed by atoms with Crippen LogP contribution in [0.15, 0.2) is 189 Å². The van der Waals surface area contributed by atoms with Crippen LogP contribution in [0.5, 0.6) is 0 Å². The maximum Gasteiger partial charge on any atom is 0.0465 e. The molecule has 1 aliphatic rings. The quantitative estimate of drug-likeness (QED) is 0.158. The second-order valence-electron chi connectivity index (χ2n) is 15.0.